The van der Waals surface area contributed by atoms with Crippen molar-refractivity contribution in [2.24, 2.45) is 0 Å². The molecule has 1 N–H and O–H groups in total. The number of carbonyl (C=O) groups excluding carboxylic acids is 1. The van der Waals surface area contributed by atoms with Crippen LogP contribution in [-0.2, 0) is 9.53 Å². The number of nitrogens with one attached hydrogen (secondary N) is 1. The lowest BCUT2D eigenvalue weighted by Gasteiger charge is -2.27. The van der Waals surface area contributed by atoms with Gasteiger partial charge in [-0.2, -0.15) is 0 Å². The number of halogens is 1. The molecule has 2 rings (SSSR count). The fourth-order valence-corrected chi connectivity index (χ4v) is 2.75. The molecule has 1 aliphatic rings. The van der Waals surface area contributed by atoms with Crippen LogP contribution in [-0.4, -0.2) is 43.2 Å². The maximum Gasteiger partial charge on any atom is 0.234 e. The molecule has 0 saturated carbocycles. The summed E-state index contributed by atoms with van der Waals surface area (Å²) in [5.41, 5.74) is 1.01. The SMILES string of the molecule is CCN(CC(=O)NCC1CCCO1)C(C)c1ccc(F)cc1. The Labute approximate surface area is 131 Å². The average molecular weight is 308 g/mol. The third-order valence-corrected chi connectivity index (χ3v) is 4.20. The Morgan fingerprint density at radius 2 is 2.18 bits per heavy atom. The molecule has 0 spiro atoms. The Morgan fingerprint density at radius 3 is 2.77 bits per heavy atom. The first-order valence-corrected chi connectivity index (χ1v) is 7.98. The molecule has 1 saturated heterocycles. The number of likely N-dealkylation sites (N-methyl/N-ethyl adjacent to an activating group) is 1. The molecule has 4 nitrogen and oxygen atoms in total. The van der Waals surface area contributed by atoms with E-state index in [-0.39, 0.29) is 23.9 Å². The predicted octanol–water partition coefficient (Wildman–Crippen LogP) is 2.50. The van der Waals surface area contributed by atoms with Crippen molar-refractivity contribution in [3.8, 4) is 0 Å². The van der Waals surface area contributed by atoms with Crippen molar-refractivity contribution in [1.82, 2.24) is 10.2 Å². The molecule has 122 valence electrons. The minimum atomic E-state index is -0.242. The highest BCUT2D eigenvalue weighted by atomic mass is 19.1. The maximum atomic E-state index is 13.0. The van der Waals surface area contributed by atoms with E-state index in [4.69, 9.17) is 4.74 Å². The topological polar surface area (TPSA) is 41.6 Å². The third-order valence-electron chi connectivity index (χ3n) is 4.20. The molecule has 0 aliphatic carbocycles. The number of hydrogen-bond acceptors (Lipinski definition) is 3. The summed E-state index contributed by atoms with van der Waals surface area (Å²) in [6.45, 7) is 6.52. The van der Waals surface area contributed by atoms with Crippen molar-refractivity contribution >= 4 is 5.91 Å². The van der Waals surface area contributed by atoms with Crippen LogP contribution in [0.25, 0.3) is 0 Å². The molecule has 1 heterocycles. The minimum absolute atomic E-state index is 0.00584. The van der Waals surface area contributed by atoms with Gasteiger partial charge in [0.2, 0.25) is 5.91 Å². The number of nitrogens with zero attached hydrogens (tertiary/aromatic N) is 1. The summed E-state index contributed by atoms with van der Waals surface area (Å²) in [5.74, 6) is -0.236. The molecule has 0 bridgehead atoms. The van der Waals surface area contributed by atoms with Gasteiger partial charge < -0.3 is 10.1 Å². The van der Waals surface area contributed by atoms with E-state index in [2.05, 4.69) is 10.2 Å². The van der Waals surface area contributed by atoms with Gasteiger partial charge in [0.1, 0.15) is 5.82 Å². The molecule has 22 heavy (non-hydrogen) atoms. The quantitative estimate of drug-likeness (QED) is 0.841. The summed E-state index contributed by atoms with van der Waals surface area (Å²) in [6, 6.07) is 6.52. The molecule has 1 amide bonds. The van der Waals surface area contributed by atoms with Gasteiger partial charge >= 0.3 is 0 Å². The Bertz CT molecular complexity index is 472. The maximum absolute atomic E-state index is 13.0. The first-order chi connectivity index (χ1) is 10.6. The molecular formula is C17H25FN2O2. The lowest BCUT2D eigenvalue weighted by atomic mass is 10.1. The monoisotopic (exact) mass is 308 g/mol. The van der Waals surface area contributed by atoms with Gasteiger partial charge in [0.15, 0.2) is 0 Å². The van der Waals surface area contributed by atoms with Crippen molar-refractivity contribution in [3.63, 3.8) is 0 Å². The van der Waals surface area contributed by atoms with Crippen molar-refractivity contribution in [1.29, 1.82) is 0 Å². The van der Waals surface area contributed by atoms with Gasteiger partial charge in [-0.15, -0.1) is 0 Å². The van der Waals surface area contributed by atoms with Crippen LogP contribution in [0.3, 0.4) is 0 Å². The molecule has 1 fully saturated rings. The minimum Gasteiger partial charge on any atom is -0.376 e. The predicted molar refractivity (Wildman–Crippen MR) is 84.0 cm³/mol. The lowest BCUT2D eigenvalue weighted by Crippen LogP contribution is -2.41. The van der Waals surface area contributed by atoms with Crippen LogP contribution in [0.1, 0.15) is 38.3 Å². The normalized spacial score (nSPS) is 19.4. The number of ether oxygens (including phenoxy) is 1. The molecule has 0 radical (unpaired) electrons. The Kier molecular flexibility index (Phi) is 6.34. The average Bonchev–Trinajstić information content (AvgIpc) is 3.04. The van der Waals surface area contributed by atoms with Gasteiger partial charge in [-0.05, 0) is 44.0 Å². The fraction of sp³-hybridized carbons (Fsp3) is 0.588. The van der Waals surface area contributed by atoms with E-state index in [0.29, 0.717) is 13.1 Å². The largest absolute Gasteiger partial charge is 0.376 e. The van der Waals surface area contributed by atoms with E-state index in [0.717, 1.165) is 31.6 Å². The number of carbonyl (C=O) groups is 1. The van der Waals surface area contributed by atoms with Crippen LogP contribution in [0.4, 0.5) is 4.39 Å². The summed E-state index contributed by atoms with van der Waals surface area (Å²) >= 11 is 0. The van der Waals surface area contributed by atoms with Gasteiger partial charge in [-0.25, -0.2) is 4.39 Å². The highest BCUT2D eigenvalue weighted by Gasteiger charge is 2.19. The first kappa shape index (κ1) is 16.9. The standard InChI is InChI=1S/C17H25FN2O2/c1-3-20(13(2)14-6-8-15(18)9-7-14)12-17(21)19-11-16-5-4-10-22-16/h6-9,13,16H,3-5,10-12H2,1-2H3,(H,19,21). The van der Waals surface area contributed by atoms with Gasteiger partial charge in [0, 0.05) is 19.2 Å². The molecular weight excluding hydrogens is 283 g/mol. The van der Waals surface area contributed by atoms with Crippen molar-refractivity contribution in [2.45, 2.75) is 38.8 Å². The number of hydrogen-bond donors (Lipinski definition) is 1. The zero-order chi connectivity index (χ0) is 15.9. The Balaban J connectivity index is 1.84. The zero-order valence-corrected chi connectivity index (χ0v) is 13.3. The third kappa shape index (κ3) is 4.78. The van der Waals surface area contributed by atoms with E-state index in [1.807, 2.05) is 13.8 Å². The molecule has 2 unspecified atom stereocenters. The van der Waals surface area contributed by atoms with Crippen molar-refractivity contribution < 1.29 is 13.9 Å². The van der Waals surface area contributed by atoms with E-state index < -0.39 is 0 Å². The smallest absolute Gasteiger partial charge is 0.234 e. The van der Waals surface area contributed by atoms with Crippen LogP contribution in [0.5, 0.6) is 0 Å². The number of benzene rings is 1. The van der Waals surface area contributed by atoms with Crippen molar-refractivity contribution in [2.75, 3.05) is 26.2 Å². The second kappa shape index (κ2) is 8.25. The second-order valence-electron chi connectivity index (χ2n) is 5.73. The van der Waals surface area contributed by atoms with E-state index in [9.17, 15) is 9.18 Å². The molecule has 1 aromatic carbocycles. The van der Waals surface area contributed by atoms with Crippen LogP contribution >= 0.6 is 0 Å². The lowest BCUT2D eigenvalue weighted by molar-refractivity contribution is -0.123. The van der Waals surface area contributed by atoms with Gasteiger partial charge in [0.25, 0.3) is 0 Å². The van der Waals surface area contributed by atoms with Crippen molar-refractivity contribution in [3.05, 3.63) is 35.6 Å². The van der Waals surface area contributed by atoms with Crippen LogP contribution in [0.2, 0.25) is 0 Å². The van der Waals surface area contributed by atoms with Crippen LogP contribution in [0.15, 0.2) is 24.3 Å². The summed E-state index contributed by atoms with van der Waals surface area (Å²) < 4.78 is 18.5. The van der Waals surface area contributed by atoms with Crippen LogP contribution < -0.4 is 5.32 Å². The molecule has 5 heteroatoms. The Hall–Kier alpha value is -1.46. The molecule has 2 atom stereocenters. The number of rotatable bonds is 7. The van der Waals surface area contributed by atoms with E-state index in [1.54, 1.807) is 12.1 Å². The van der Waals surface area contributed by atoms with Crippen LogP contribution in [0, 0.1) is 5.82 Å². The second-order valence-corrected chi connectivity index (χ2v) is 5.73. The summed E-state index contributed by atoms with van der Waals surface area (Å²) in [7, 11) is 0. The fourth-order valence-electron chi connectivity index (χ4n) is 2.75. The van der Waals surface area contributed by atoms with E-state index >= 15 is 0 Å². The highest BCUT2D eigenvalue weighted by Crippen LogP contribution is 2.20. The summed E-state index contributed by atoms with van der Waals surface area (Å²) in [6.07, 6.45) is 2.25. The van der Waals surface area contributed by atoms with E-state index in [1.165, 1.54) is 12.1 Å². The Morgan fingerprint density at radius 1 is 1.45 bits per heavy atom. The van der Waals surface area contributed by atoms with Gasteiger partial charge in [-0.1, -0.05) is 19.1 Å². The number of amides is 1. The zero-order valence-electron chi connectivity index (χ0n) is 13.3. The van der Waals surface area contributed by atoms with Gasteiger partial charge in [-0.3, -0.25) is 9.69 Å². The molecule has 1 aliphatic heterocycles. The molecule has 1 aromatic rings. The molecule has 0 aromatic heterocycles. The first-order valence-electron chi connectivity index (χ1n) is 7.98. The van der Waals surface area contributed by atoms with Gasteiger partial charge in [0.05, 0.1) is 12.6 Å². The summed E-state index contributed by atoms with van der Waals surface area (Å²) in [4.78, 5) is 14.2. The highest BCUT2D eigenvalue weighted by molar-refractivity contribution is 5.78. The summed E-state index contributed by atoms with van der Waals surface area (Å²) in [5, 5.41) is 2.94.